The Bertz CT molecular complexity index is 1210. The average molecular weight is 436 g/mol. The van der Waals surface area contributed by atoms with E-state index in [1.54, 1.807) is 12.4 Å². The number of H-pyrrole nitrogens is 2. The standard InChI is InChI=1S/C21H18BrN5O/c22-15-3-4-16-14(10-24-18(16)8-15)11-27-7-5-17-19(12-27)25-20(26-21(17)28)13-2-1-6-23-9-13/h1-4,6,8-10,24H,5,7,11-12H2,(H,25,26,28). The van der Waals surface area contributed by atoms with E-state index in [2.05, 4.69) is 60.2 Å². The second kappa shape index (κ2) is 7.00. The summed E-state index contributed by atoms with van der Waals surface area (Å²) in [6, 6.07) is 10.0. The van der Waals surface area contributed by atoms with Gasteiger partial charge in [0.05, 0.1) is 5.69 Å². The molecule has 1 aromatic carbocycles. The second-order valence-corrected chi connectivity index (χ2v) is 7.96. The normalized spacial score (nSPS) is 14.3. The summed E-state index contributed by atoms with van der Waals surface area (Å²) in [6.45, 7) is 2.32. The van der Waals surface area contributed by atoms with Gasteiger partial charge in [-0.15, -0.1) is 0 Å². The van der Waals surface area contributed by atoms with E-state index in [1.807, 2.05) is 12.1 Å². The van der Waals surface area contributed by atoms with E-state index in [-0.39, 0.29) is 5.56 Å². The number of pyridine rings is 1. The molecule has 0 unspecified atom stereocenters. The molecule has 0 saturated carbocycles. The van der Waals surface area contributed by atoms with Crippen molar-refractivity contribution in [3.05, 3.63) is 80.6 Å². The van der Waals surface area contributed by atoms with Crippen LogP contribution in [0, 0.1) is 0 Å². The van der Waals surface area contributed by atoms with Gasteiger partial charge in [0.1, 0.15) is 5.82 Å². The van der Waals surface area contributed by atoms with Gasteiger partial charge in [-0.2, -0.15) is 0 Å². The summed E-state index contributed by atoms with van der Waals surface area (Å²) < 4.78 is 1.06. The number of hydrogen-bond acceptors (Lipinski definition) is 4. The van der Waals surface area contributed by atoms with Gasteiger partial charge in [-0.05, 0) is 36.2 Å². The Morgan fingerprint density at radius 1 is 1.25 bits per heavy atom. The molecule has 5 rings (SSSR count). The molecule has 1 aliphatic heterocycles. The van der Waals surface area contributed by atoms with Crippen molar-refractivity contribution >= 4 is 26.8 Å². The first kappa shape index (κ1) is 17.3. The van der Waals surface area contributed by atoms with Crippen LogP contribution in [0.25, 0.3) is 22.3 Å². The number of nitrogens with one attached hydrogen (secondary N) is 2. The fraction of sp³-hybridized carbons (Fsp3) is 0.190. The second-order valence-electron chi connectivity index (χ2n) is 7.05. The molecule has 0 saturated heterocycles. The van der Waals surface area contributed by atoms with E-state index in [0.29, 0.717) is 18.8 Å². The number of halogens is 1. The number of fused-ring (bicyclic) bond motifs is 2. The highest BCUT2D eigenvalue weighted by Crippen LogP contribution is 2.25. The van der Waals surface area contributed by atoms with Gasteiger partial charge >= 0.3 is 0 Å². The Labute approximate surface area is 169 Å². The largest absolute Gasteiger partial charge is 0.361 e. The Morgan fingerprint density at radius 3 is 3.04 bits per heavy atom. The third-order valence-electron chi connectivity index (χ3n) is 5.21. The molecule has 140 valence electrons. The minimum Gasteiger partial charge on any atom is -0.361 e. The molecule has 0 amide bonds. The average Bonchev–Trinajstić information content (AvgIpc) is 3.10. The van der Waals surface area contributed by atoms with Gasteiger partial charge in [-0.1, -0.05) is 22.0 Å². The molecule has 0 radical (unpaired) electrons. The number of aromatic amines is 2. The zero-order chi connectivity index (χ0) is 19.1. The minimum atomic E-state index is -0.0413. The molecule has 0 bridgehead atoms. The zero-order valence-corrected chi connectivity index (χ0v) is 16.7. The fourth-order valence-corrected chi connectivity index (χ4v) is 4.16. The number of nitrogens with zero attached hydrogens (tertiary/aromatic N) is 3. The topological polar surface area (TPSA) is 77.7 Å². The molecule has 0 fully saturated rings. The highest BCUT2D eigenvalue weighted by Gasteiger charge is 2.22. The maximum absolute atomic E-state index is 12.5. The van der Waals surface area contributed by atoms with Gasteiger partial charge in [0.15, 0.2) is 0 Å². The number of benzene rings is 1. The van der Waals surface area contributed by atoms with E-state index in [4.69, 9.17) is 4.98 Å². The SMILES string of the molecule is O=c1[nH]c(-c2cccnc2)nc2c1CCN(Cc1c[nH]c3cc(Br)ccc13)C2. The lowest BCUT2D eigenvalue weighted by Crippen LogP contribution is -2.35. The zero-order valence-electron chi connectivity index (χ0n) is 15.1. The summed E-state index contributed by atoms with van der Waals surface area (Å²) in [5.74, 6) is 0.579. The predicted octanol–water partition coefficient (Wildman–Crippen LogP) is 3.63. The van der Waals surface area contributed by atoms with Crippen LogP contribution >= 0.6 is 15.9 Å². The molecule has 0 aliphatic carbocycles. The number of aromatic nitrogens is 4. The molecule has 28 heavy (non-hydrogen) atoms. The first-order chi connectivity index (χ1) is 13.7. The van der Waals surface area contributed by atoms with Crippen molar-refractivity contribution in [3.63, 3.8) is 0 Å². The molecule has 2 N–H and O–H groups in total. The van der Waals surface area contributed by atoms with E-state index >= 15 is 0 Å². The summed E-state index contributed by atoms with van der Waals surface area (Å²) in [4.78, 5) is 30.0. The van der Waals surface area contributed by atoms with Gasteiger partial charge in [0.2, 0.25) is 0 Å². The smallest absolute Gasteiger partial charge is 0.254 e. The maximum Gasteiger partial charge on any atom is 0.254 e. The molecule has 7 heteroatoms. The summed E-state index contributed by atoms with van der Waals surface area (Å²) in [6.07, 6.45) is 6.20. The van der Waals surface area contributed by atoms with Crippen LogP contribution in [-0.4, -0.2) is 31.4 Å². The van der Waals surface area contributed by atoms with E-state index in [9.17, 15) is 4.79 Å². The lowest BCUT2D eigenvalue weighted by Gasteiger charge is -2.27. The molecule has 0 spiro atoms. The van der Waals surface area contributed by atoms with Gasteiger partial charge in [-0.3, -0.25) is 14.7 Å². The Hall–Kier alpha value is -2.77. The third kappa shape index (κ3) is 3.16. The minimum absolute atomic E-state index is 0.0413. The van der Waals surface area contributed by atoms with Crippen molar-refractivity contribution in [1.82, 2.24) is 24.8 Å². The van der Waals surface area contributed by atoms with E-state index in [0.717, 1.165) is 39.9 Å². The molecule has 6 nitrogen and oxygen atoms in total. The van der Waals surface area contributed by atoms with Crippen LogP contribution in [0.3, 0.4) is 0 Å². The van der Waals surface area contributed by atoms with Crippen molar-refractivity contribution < 1.29 is 0 Å². The Balaban J connectivity index is 1.44. The number of hydrogen-bond donors (Lipinski definition) is 2. The van der Waals surface area contributed by atoms with Crippen molar-refractivity contribution in [1.29, 1.82) is 0 Å². The van der Waals surface area contributed by atoms with Crippen molar-refractivity contribution in [2.24, 2.45) is 0 Å². The van der Waals surface area contributed by atoms with Gasteiger partial charge in [-0.25, -0.2) is 4.98 Å². The van der Waals surface area contributed by atoms with Gasteiger partial charge in [0.25, 0.3) is 5.56 Å². The molecule has 1 aliphatic rings. The quantitative estimate of drug-likeness (QED) is 0.514. The van der Waals surface area contributed by atoms with Crippen LogP contribution in [0.1, 0.15) is 16.8 Å². The van der Waals surface area contributed by atoms with Crippen molar-refractivity contribution in [3.8, 4) is 11.4 Å². The third-order valence-corrected chi connectivity index (χ3v) is 5.70. The van der Waals surface area contributed by atoms with Crippen LogP contribution in [0.4, 0.5) is 0 Å². The van der Waals surface area contributed by atoms with Gasteiger partial charge in [0, 0.05) is 64.7 Å². The summed E-state index contributed by atoms with van der Waals surface area (Å²) >= 11 is 3.52. The van der Waals surface area contributed by atoms with E-state index < -0.39 is 0 Å². The maximum atomic E-state index is 12.5. The van der Waals surface area contributed by atoms with Gasteiger partial charge < -0.3 is 9.97 Å². The van der Waals surface area contributed by atoms with Crippen molar-refractivity contribution in [2.75, 3.05) is 6.54 Å². The monoisotopic (exact) mass is 435 g/mol. The summed E-state index contributed by atoms with van der Waals surface area (Å²) in [5.41, 5.74) is 4.81. The fourth-order valence-electron chi connectivity index (χ4n) is 3.80. The molecule has 4 heterocycles. The van der Waals surface area contributed by atoms with Crippen LogP contribution in [0.5, 0.6) is 0 Å². The van der Waals surface area contributed by atoms with Crippen LogP contribution in [0.2, 0.25) is 0 Å². The molecular weight excluding hydrogens is 418 g/mol. The predicted molar refractivity (Wildman–Crippen MR) is 112 cm³/mol. The highest BCUT2D eigenvalue weighted by molar-refractivity contribution is 9.10. The summed E-state index contributed by atoms with van der Waals surface area (Å²) in [7, 11) is 0. The molecule has 4 aromatic rings. The summed E-state index contributed by atoms with van der Waals surface area (Å²) in [5, 5.41) is 1.23. The Morgan fingerprint density at radius 2 is 2.18 bits per heavy atom. The first-order valence-electron chi connectivity index (χ1n) is 9.18. The lowest BCUT2D eigenvalue weighted by atomic mass is 10.0. The van der Waals surface area contributed by atoms with E-state index in [1.165, 1.54) is 10.9 Å². The molecular formula is C21H18BrN5O. The Kier molecular flexibility index (Phi) is 4.33. The van der Waals surface area contributed by atoms with Crippen LogP contribution in [-0.2, 0) is 19.5 Å². The van der Waals surface area contributed by atoms with Crippen LogP contribution in [0.15, 0.2) is 58.2 Å². The van der Waals surface area contributed by atoms with Crippen molar-refractivity contribution in [2.45, 2.75) is 19.5 Å². The highest BCUT2D eigenvalue weighted by atomic mass is 79.9. The first-order valence-corrected chi connectivity index (χ1v) is 9.97. The number of rotatable bonds is 3. The van der Waals surface area contributed by atoms with Crippen LogP contribution < -0.4 is 5.56 Å². The molecule has 0 atom stereocenters. The molecule has 3 aromatic heterocycles. The lowest BCUT2D eigenvalue weighted by molar-refractivity contribution is 0.241.